The van der Waals surface area contributed by atoms with Crippen LogP contribution in [0, 0.1) is 0 Å². The number of hydrogen-bond acceptors (Lipinski definition) is 7. The average Bonchev–Trinajstić information content (AvgIpc) is 2.82. The molecule has 0 radical (unpaired) electrons. The standard InChI is InChI=1S/C12H23N3O4/c1-9(2)18-8-12(3,13)11-14-10(19-15-11)7-17-6-5-16-4/h9H,5-8,13H2,1-4H3. The van der Waals surface area contributed by atoms with Gasteiger partial charge in [-0.15, -0.1) is 0 Å². The van der Waals surface area contributed by atoms with Crippen molar-refractivity contribution >= 4 is 0 Å². The van der Waals surface area contributed by atoms with Crippen LogP contribution >= 0.6 is 0 Å². The highest BCUT2D eigenvalue weighted by Gasteiger charge is 2.28. The lowest BCUT2D eigenvalue weighted by molar-refractivity contribution is 0.0410. The van der Waals surface area contributed by atoms with E-state index >= 15 is 0 Å². The summed E-state index contributed by atoms with van der Waals surface area (Å²) in [4.78, 5) is 4.21. The summed E-state index contributed by atoms with van der Waals surface area (Å²) < 4.78 is 20.7. The second-order valence-electron chi connectivity index (χ2n) is 4.83. The first kappa shape index (κ1) is 16.0. The molecule has 1 heterocycles. The van der Waals surface area contributed by atoms with E-state index in [-0.39, 0.29) is 12.7 Å². The summed E-state index contributed by atoms with van der Waals surface area (Å²) in [6.45, 7) is 7.27. The van der Waals surface area contributed by atoms with Gasteiger partial charge < -0.3 is 24.5 Å². The number of nitrogens with zero attached hydrogens (tertiary/aromatic N) is 2. The van der Waals surface area contributed by atoms with Crippen LogP contribution in [0.1, 0.15) is 32.5 Å². The summed E-state index contributed by atoms with van der Waals surface area (Å²) >= 11 is 0. The van der Waals surface area contributed by atoms with Crippen molar-refractivity contribution in [2.24, 2.45) is 5.73 Å². The summed E-state index contributed by atoms with van der Waals surface area (Å²) in [5.74, 6) is 0.811. The molecule has 0 aromatic carbocycles. The topological polar surface area (TPSA) is 92.6 Å². The number of nitrogens with two attached hydrogens (primary N) is 1. The molecule has 0 aliphatic heterocycles. The molecule has 1 aromatic heterocycles. The molecule has 0 saturated heterocycles. The number of rotatable bonds is 9. The zero-order valence-electron chi connectivity index (χ0n) is 12.0. The van der Waals surface area contributed by atoms with E-state index in [1.807, 2.05) is 13.8 Å². The van der Waals surface area contributed by atoms with Crippen LogP contribution in [-0.4, -0.2) is 43.2 Å². The molecule has 1 atom stereocenters. The van der Waals surface area contributed by atoms with Crippen LogP contribution in [0.25, 0.3) is 0 Å². The highest BCUT2D eigenvalue weighted by Crippen LogP contribution is 2.15. The van der Waals surface area contributed by atoms with Gasteiger partial charge in [0.25, 0.3) is 5.89 Å². The molecule has 0 bridgehead atoms. The molecule has 7 heteroatoms. The number of aromatic nitrogens is 2. The van der Waals surface area contributed by atoms with E-state index in [1.54, 1.807) is 14.0 Å². The third-order valence-corrected chi connectivity index (χ3v) is 2.35. The van der Waals surface area contributed by atoms with E-state index in [9.17, 15) is 0 Å². The predicted octanol–water partition coefficient (Wildman–Crippen LogP) is 0.832. The van der Waals surface area contributed by atoms with Crippen molar-refractivity contribution < 1.29 is 18.7 Å². The minimum atomic E-state index is -0.779. The van der Waals surface area contributed by atoms with Gasteiger partial charge >= 0.3 is 0 Å². The van der Waals surface area contributed by atoms with Gasteiger partial charge in [-0.25, -0.2) is 0 Å². The van der Waals surface area contributed by atoms with Crippen LogP contribution in [0.5, 0.6) is 0 Å². The summed E-state index contributed by atoms with van der Waals surface area (Å²) in [6.07, 6.45) is 0.103. The monoisotopic (exact) mass is 273 g/mol. The van der Waals surface area contributed by atoms with Gasteiger partial charge in [-0.05, 0) is 20.8 Å². The molecule has 0 saturated carbocycles. The molecule has 0 aliphatic carbocycles. The smallest absolute Gasteiger partial charge is 0.252 e. The van der Waals surface area contributed by atoms with Gasteiger partial charge in [-0.3, -0.25) is 0 Å². The first-order chi connectivity index (χ1) is 8.95. The molecular formula is C12H23N3O4. The highest BCUT2D eigenvalue weighted by molar-refractivity contribution is 5.01. The fourth-order valence-corrected chi connectivity index (χ4v) is 1.25. The maximum atomic E-state index is 6.11. The van der Waals surface area contributed by atoms with E-state index in [2.05, 4.69) is 10.1 Å². The largest absolute Gasteiger partial charge is 0.382 e. The number of ether oxygens (including phenoxy) is 3. The number of hydrogen-bond donors (Lipinski definition) is 1. The van der Waals surface area contributed by atoms with Gasteiger partial charge in [0.05, 0.1) is 25.9 Å². The lowest BCUT2D eigenvalue weighted by Crippen LogP contribution is -2.40. The Morgan fingerprint density at radius 2 is 2.11 bits per heavy atom. The number of methoxy groups -OCH3 is 1. The lowest BCUT2D eigenvalue weighted by atomic mass is 10.1. The van der Waals surface area contributed by atoms with Crippen LogP contribution in [0.4, 0.5) is 0 Å². The Hall–Kier alpha value is -1.02. The van der Waals surface area contributed by atoms with Gasteiger partial charge in [0.1, 0.15) is 12.1 Å². The van der Waals surface area contributed by atoms with Gasteiger partial charge in [0, 0.05) is 7.11 Å². The Morgan fingerprint density at radius 1 is 1.37 bits per heavy atom. The van der Waals surface area contributed by atoms with Gasteiger partial charge in [0.2, 0.25) is 0 Å². The van der Waals surface area contributed by atoms with Crippen molar-refractivity contribution in [3.05, 3.63) is 11.7 Å². The Bertz CT molecular complexity index is 366. The Morgan fingerprint density at radius 3 is 2.74 bits per heavy atom. The zero-order valence-corrected chi connectivity index (χ0v) is 12.0. The van der Waals surface area contributed by atoms with E-state index in [0.717, 1.165) is 0 Å². The van der Waals surface area contributed by atoms with E-state index in [4.69, 9.17) is 24.5 Å². The lowest BCUT2D eigenvalue weighted by Gasteiger charge is -2.21. The first-order valence-electron chi connectivity index (χ1n) is 6.26. The van der Waals surface area contributed by atoms with E-state index in [1.165, 1.54) is 0 Å². The molecule has 19 heavy (non-hydrogen) atoms. The maximum absolute atomic E-state index is 6.11. The van der Waals surface area contributed by atoms with Crippen molar-refractivity contribution in [1.29, 1.82) is 0 Å². The normalized spacial score (nSPS) is 14.8. The first-order valence-corrected chi connectivity index (χ1v) is 6.26. The highest BCUT2D eigenvalue weighted by atomic mass is 16.5. The zero-order chi connectivity index (χ0) is 14.3. The molecule has 7 nitrogen and oxygen atoms in total. The second kappa shape index (κ2) is 7.54. The van der Waals surface area contributed by atoms with Crippen LogP contribution in [0.3, 0.4) is 0 Å². The molecule has 110 valence electrons. The summed E-state index contributed by atoms with van der Waals surface area (Å²) in [6, 6.07) is 0. The molecule has 0 fully saturated rings. The molecule has 1 rings (SSSR count). The summed E-state index contributed by atoms with van der Waals surface area (Å²) in [5, 5.41) is 3.86. The van der Waals surface area contributed by atoms with Crippen molar-refractivity contribution in [2.75, 3.05) is 26.9 Å². The Labute approximate surface area is 113 Å². The fraction of sp³-hybridized carbons (Fsp3) is 0.833. The fourth-order valence-electron chi connectivity index (χ4n) is 1.25. The second-order valence-corrected chi connectivity index (χ2v) is 4.83. The quantitative estimate of drug-likeness (QED) is 0.666. The molecule has 0 amide bonds. The average molecular weight is 273 g/mol. The molecule has 1 unspecified atom stereocenters. The molecule has 0 aliphatic rings. The maximum Gasteiger partial charge on any atom is 0.252 e. The minimum absolute atomic E-state index is 0.103. The third-order valence-electron chi connectivity index (χ3n) is 2.35. The Kier molecular flexibility index (Phi) is 6.36. The van der Waals surface area contributed by atoms with Crippen LogP contribution in [-0.2, 0) is 26.4 Å². The Balaban J connectivity index is 2.48. The van der Waals surface area contributed by atoms with Crippen molar-refractivity contribution in [3.63, 3.8) is 0 Å². The van der Waals surface area contributed by atoms with Gasteiger partial charge in [0.15, 0.2) is 5.82 Å². The van der Waals surface area contributed by atoms with Crippen LogP contribution in [0.2, 0.25) is 0 Å². The van der Waals surface area contributed by atoms with Crippen LogP contribution in [0.15, 0.2) is 4.52 Å². The molecular weight excluding hydrogens is 250 g/mol. The van der Waals surface area contributed by atoms with E-state index < -0.39 is 5.54 Å². The van der Waals surface area contributed by atoms with Crippen LogP contribution < -0.4 is 5.73 Å². The minimum Gasteiger partial charge on any atom is -0.382 e. The van der Waals surface area contributed by atoms with Gasteiger partial charge in [-0.1, -0.05) is 5.16 Å². The van der Waals surface area contributed by atoms with Crippen molar-refractivity contribution in [2.45, 2.75) is 39.0 Å². The molecule has 1 aromatic rings. The van der Waals surface area contributed by atoms with Crippen molar-refractivity contribution in [1.82, 2.24) is 10.1 Å². The molecule has 0 spiro atoms. The summed E-state index contributed by atoms with van der Waals surface area (Å²) in [5.41, 5.74) is 5.33. The van der Waals surface area contributed by atoms with Gasteiger partial charge in [-0.2, -0.15) is 4.98 Å². The SMILES string of the molecule is COCCOCc1nc(C(C)(N)COC(C)C)no1. The van der Waals surface area contributed by atoms with Crippen molar-refractivity contribution in [3.8, 4) is 0 Å². The molecule has 2 N–H and O–H groups in total. The van der Waals surface area contributed by atoms with E-state index in [0.29, 0.717) is 31.5 Å². The predicted molar refractivity (Wildman–Crippen MR) is 68.5 cm³/mol. The third kappa shape index (κ3) is 5.65. The summed E-state index contributed by atoms with van der Waals surface area (Å²) in [7, 11) is 1.61.